The van der Waals surface area contributed by atoms with Gasteiger partial charge in [-0.2, -0.15) is 0 Å². The highest BCUT2D eigenvalue weighted by molar-refractivity contribution is 7.80. The number of thiocarbonyl (C=S) groups is 1. The van der Waals surface area contributed by atoms with Gasteiger partial charge in [-0.1, -0.05) is 12.1 Å². The third kappa shape index (κ3) is 4.20. The van der Waals surface area contributed by atoms with Gasteiger partial charge < -0.3 is 19.7 Å². The first-order chi connectivity index (χ1) is 12.1. The fraction of sp³-hybridized carbons (Fsp3) is 0.316. The molecule has 0 saturated heterocycles. The van der Waals surface area contributed by atoms with Crippen LogP contribution < -0.4 is 14.8 Å². The lowest BCUT2D eigenvalue weighted by molar-refractivity contribution is 0.171. The molecule has 0 saturated carbocycles. The van der Waals surface area contributed by atoms with Gasteiger partial charge in [0.2, 0.25) is 0 Å². The topological polar surface area (TPSA) is 33.7 Å². The molecule has 0 spiro atoms. The van der Waals surface area contributed by atoms with E-state index in [0.717, 1.165) is 23.6 Å². The summed E-state index contributed by atoms with van der Waals surface area (Å²) in [4.78, 5) is 2.01. The summed E-state index contributed by atoms with van der Waals surface area (Å²) in [6.45, 7) is 6.27. The van der Waals surface area contributed by atoms with Crippen molar-refractivity contribution < 1.29 is 13.9 Å². The third-order valence-corrected chi connectivity index (χ3v) is 4.43. The van der Waals surface area contributed by atoms with Gasteiger partial charge in [-0.25, -0.2) is 4.39 Å². The van der Waals surface area contributed by atoms with Crippen LogP contribution in [0.25, 0.3) is 0 Å². The zero-order valence-electron chi connectivity index (χ0n) is 14.3. The second kappa shape index (κ2) is 7.70. The first-order valence-corrected chi connectivity index (χ1v) is 8.68. The first-order valence-electron chi connectivity index (χ1n) is 8.27. The maximum atomic E-state index is 13.7. The minimum absolute atomic E-state index is 0.248. The van der Waals surface area contributed by atoms with E-state index >= 15 is 0 Å². The monoisotopic (exact) mass is 360 g/mol. The number of hydrogen-bond acceptors (Lipinski definition) is 3. The molecule has 0 atom stereocenters. The van der Waals surface area contributed by atoms with Crippen molar-refractivity contribution in [1.82, 2.24) is 4.90 Å². The summed E-state index contributed by atoms with van der Waals surface area (Å²) in [5, 5.41) is 3.66. The molecule has 1 heterocycles. The van der Waals surface area contributed by atoms with Crippen LogP contribution in [0.4, 0.5) is 10.1 Å². The first kappa shape index (κ1) is 17.5. The highest BCUT2D eigenvalue weighted by Crippen LogP contribution is 2.31. The van der Waals surface area contributed by atoms with Crippen LogP contribution in [0.3, 0.4) is 0 Å². The molecule has 6 heteroatoms. The van der Waals surface area contributed by atoms with Gasteiger partial charge >= 0.3 is 0 Å². The van der Waals surface area contributed by atoms with Crippen molar-refractivity contribution in [2.24, 2.45) is 0 Å². The highest BCUT2D eigenvalue weighted by atomic mass is 32.1. The van der Waals surface area contributed by atoms with E-state index in [4.69, 9.17) is 21.7 Å². The predicted molar refractivity (Wildman–Crippen MR) is 101 cm³/mol. The van der Waals surface area contributed by atoms with Crippen LogP contribution in [-0.4, -0.2) is 29.8 Å². The Kier molecular flexibility index (Phi) is 5.38. The smallest absolute Gasteiger partial charge is 0.173 e. The zero-order chi connectivity index (χ0) is 17.8. The summed E-state index contributed by atoms with van der Waals surface area (Å²) >= 11 is 5.49. The maximum Gasteiger partial charge on any atom is 0.173 e. The van der Waals surface area contributed by atoms with Crippen LogP contribution >= 0.6 is 12.2 Å². The molecule has 3 rings (SSSR count). The largest absolute Gasteiger partial charge is 0.486 e. The Morgan fingerprint density at radius 2 is 1.92 bits per heavy atom. The van der Waals surface area contributed by atoms with Crippen LogP contribution in [0, 0.1) is 12.7 Å². The summed E-state index contributed by atoms with van der Waals surface area (Å²) in [6, 6.07) is 10.9. The highest BCUT2D eigenvalue weighted by Gasteiger charge is 2.14. The summed E-state index contributed by atoms with van der Waals surface area (Å²) < 4.78 is 24.9. The molecule has 2 aromatic carbocycles. The fourth-order valence-electron chi connectivity index (χ4n) is 2.61. The molecule has 0 bridgehead atoms. The van der Waals surface area contributed by atoms with E-state index in [-0.39, 0.29) is 5.82 Å². The van der Waals surface area contributed by atoms with Crippen molar-refractivity contribution >= 4 is 23.0 Å². The van der Waals surface area contributed by atoms with Gasteiger partial charge in [-0.3, -0.25) is 0 Å². The zero-order valence-corrected chi connectivity index (χ0v) is 15.2. The summed E-state index contributed by atoms with van der Waals surface area (Å²) in [7, 11) is 0. The van der Waals surface area contributed by atoms with Crippen molar-refractivity contribution in [2.75, 3.05) is 25.1 Å². The second-order valence-corrected chi connectivity index (χ2v) is 6.27. The summed E-state index contributed by atoms with van der Waals surface area (Å²) in [6.07, 6.45) is 0. The Hall–Kier alpha value is -2.34. The number of hydrogen-bond donors (Lipinski definition) is 1. The van der Waals surface area contributed by atoms with Crippen molar-refractivity contribution in [3.8, 4) is 11.5 Å². The van der Waals surface area contributed by atoms with Crippen molar-refractivity contribution in [2.45, 2.75) is 20.4 Å². The Morgan fingerprint density at radius 1 is 1.16 bits per heavy atom. The predicted octanol–water partition coefficient (Wildman–Crippen LogP) is 4.12. The van der Waals surface area contributed by atoms with Crippen LogP contribution in [-0.2, 0) is 6.54 Å². The molecule has 2 aromatic rings. The van der Waals surface area contributed by atoms with Crippen LogP contribution in [0.15, 0.2) is 36.4 Å². The standard InChI is InChI=1S/C19H21FN2O2S/c1-3-22(19(25)21-15-6-4-13(2)16(20)11-15)12-14-5-7-17-18(10-14)24-9-8-23-17/h4-7,10-11H,3,8-9,12H2,1-2H3,(H,21,25). The average Bonchev–Trinajstić information content (AvgIpc) is 2.62. The maximum absolute atomic E-state index is 13.7. The van der Waals surface area contributed by atoms with Crippen molar-refractivity contribution in [3.63, 3.8) is 0 Å². The van der Waals surface area contributed by atoms with Gasteiger partial charge in [-0.05, 0) is 61.5 Å². The van der Waals surface area contributed by atoms with Crippen molar-refractivity contribution in [3.05, 3.63) is 53.3 Å². The van der Waals surface area contributed by atoms with Gasteiger partial charge in [0.05, 0.1) is 0 Å². The third-order valence-electron chi connectivity index (χ3n) is 4.07. The fourth-order valence-corrected chi connectivity index (χ4v) is 2.92. The van der Waals surface area contributed by atoms with Crippen LogP contribution in [0.5, 0.6) is 11.5 Å². The van der Waals surface area contributed by atoms with E-state index in [0.29, 0.717) is 36.1 Å². The molecule has 0 aromatic heterocycles. The second-order valence-electron chi connectivity index (χ2n) is 5.89. The molecular formula is C19H21FN2O2S. The van der Waals surface area contributed by atoms with Gasteiger partial charge in [0.15, 0.2) is 16.6 Å². The Morgan fingerprint density at radius 3 is 2.64 bits per heavy atom. The lowest BCUT2D eigenvalue weighted by Gasteiger charge is -2.25. The Balaban J connectivity index is 1.69. The molecule has 0 radical (unpaired) electrons. The van der Waals surface area contributed by atoms with E-state index in [1.807, 2.05) is 36.1 Å². The molecule has 0 aliphatic carbocycles. The van der Waals surface area contributed by atoms with Gasteiger partial charge in [0.1, 0.15) is 19.0 Å². The van der Waals surface area contributed by atoms with Gasteiger partial charge in [0.25, 0.3) is 0 Å². The normalized spacial score (nSPS) is 12.6. The number of fused-ring (bicyclic) bond motifs is 1. The van der Waals surface area contributed by atoms with Gasteiger partial charge in [0, 0.05) is 18.8 Å². The molecule has 0 unspecified atom stereocenters. The molecule has 132 valence electrons. The van der Waals surface area contributed by atoms with E-state index in [1.165, 1.54) is 6.07 Å². The molecule has 4 nitrogen and oxygen atoms in total. The molecule has 1 N–H and O–H groups in total. The lowest BCUT2D eigenvalue weighted by atomic mass is 10.2. The number of nitrogens with zero attached hydrogens (tertiary/aromatic N) is 1. The van der Waals surface area contributed by atoms with E-state index < -0.39 is 0 Å². The number of rotatable bonds is 4. The number of aryl methyl sites for hydroxylation is 1. The average molecular weight is 360 g/mol. The summed E-state index contributed by atoms with van der Waals surface area (Å²) in [5.41, 5.74) is 2.33. The molecular weight excluding hydrogens is 339 g/mol. The quantitative estimate of drug-likeness (QED) is 0.830. The van der Waals surface area contributed by atoms with Crippen molar-refractivity contribution in [1.29, 1.82) is 0 Å². The Labute approximate surface area is 152 Å². The summed E-state index contributed by atoms with van der Waals surface area (Å²) in [5.74, 6) is 1.29. The van der Waals surface area contributed by atoms with E-state index in [2.05, 4.69) is 5.32 Å². The van der Waals surface area contributed by atoms with Crippen LogP contribution in [0.2, 0.25) is 0 Å². The molecule has 0 amide bonds. The molecule has 1 aliphatic heterocycles. The minimum atomic E-state index is -0.248. The minimum Gasteiger partial charge on any atom is -0.486 e. The molecule has 1 aliphatic rings. The van der Waals surface area contributed by atoms with Crippen LogP contribution in [0.1, 0.15) is 18.1 Å². The van der Waals surface area contributed by atoms with Gasteiger partial charge in [-0.15, -0.1) is 0 Å². The van der Waals surface area contributed by atoms with E-state index in [1.54, 1.807) is 13.0 Å². The number of anilines is 1. The number of benzene rings is 2. The number of ether oxygens (including phenoxy) is 2. The van der Waals surface area contributed by atoms with E-state index in [9.17, 15) is 4.39 Å². The molecule has 25 heavy (non-hydrogen) atoms. The lowest BCUT2D eigenvalue weighted by Crippen LogP contribution is -2.34. The number of halogens is 1. The SMILES string of the molecule is CCN(Cc1ccc2c(c1)OCCO2)C(=S)Nc1ccc(C)c(F)c1. The molecule has 0 fully saturated rings. The number of nitrogens with one attached hydrogen (secondary N) is 1. The Bertz CT molecular complexity index is 782.